The van der Waals surface area contributed by atoms with E-state index < -0.39 is 17.6 Å². The van der Waals surface area contributed by atoms with Crippen LogP contribution in [0.2, 0.25) is 0 Å². The standard InChI is InChI=1S/C27H30F3N3O2/c1-16-12-20-21(26(4,5)11-10-25(20,2)3)14-17(16)13-19-7-8-22(35-19)24(34)33-32-23-9-6-18(15-31-23)27(28,29)30/h6-9,12,14-15H,10-11,13H2,1-5H3,(H,31,32)(H,33,34). The number of benzene rings is 1. The number of pyridine rings is 1. The van der Waals surface area contributed by atoms with E-state index in [1.807, 2.05) is 0 Å². The van der Waals surface area contributed by atoms with Crippen LogP contribution in [-0.4, -0.2) is 10.9 Å². The van der Waals surface area contributed by atoms with Gasteiger partial charge in [0.15, 0.2) is 5.76 Å². The molecule has 5 nitrogen and oxygen atoms in total. The molecular weight excluding hydrogens is 455 g/mol. The second-order valence-electron chi connectivity index (χ2n) is 10.5. The SMILES string of the molecule is Cc1cc2c(cc1Cc1ccc(C(=O)NNc3ccc(C(F)(F)F)cn3)o1)C(C)(C)CCC2(C)C. The molecule has 0 saturated heterocycles. The molecule has 0 aliphatic heterocycles. The third-order valence-corrected chi connectivity index (χ3v) is 6.95. The third kappa shape index (κ3) is 5.21. The molecule has 0 spiro atoms. The smallest absolute Gasteiger partial charge is 0.417 e. The molecule has 0 radical (unpaired) electrons. The number of carbonyl (C=O) groups is 1. The summed E-state index contributed by atoms with van der Waals surface area (Å²) in [5.74, 6) is 0.270. The Labute approximate surface area is 203 Å². The lowest BCUT2D eigenvalue weighted by Crippen LogP contribution is -2.34. The molecule has 0 unspecified atom stereocenters. The number of anilines is 1. The molecule has 8 heteroatoms. The third-order valence-electron chi connectivity index (χ3n) is 6.95. The highest BCUT2D eigenvalue weighted by Crippen LogP contribution is 2.46. The topological polar surface area (TPSA) is 67.2 Å². The van der Waals surface area contributed by atoms with Crippen LogP contribution in [0.25, 0.3) is 0 Å². The minimum absolute atomic E-state index is 0.0772. The van der Waals surface area contributed by atoms with Crippen LogP contribution in [0.15, 0.2) is 47.0 Å². The van der Waals surface area contributed by atoms with Crippen molar-refractivity contribution in [3.63, 3.8) is 0 Å². The summed E-state index contributed by atoms with van der Waals surface area (Å²) in [5.41, 5.74) is 9.38. The highest BCUT2D eigenvalue weighted by Gasteiger charge is 2.37. The molecule has 2 heterocycles. The maximum absolute atomic E-state index is 12.7. The number of hydrogen-bond donors (Lipinski definition) is 2. The van der Waals surface area contributed by atoms with Crippen molar-refractivity contribution in [2.75, 3.05) is 5.43 Å². The summed E-state index contributed by atoms with van der Waals surface area (Å²) < 4.78 is 43.7. The first kappa shape index (κ1) is 24.8. The summed E-state index contributed by atoms with van der Waals surface area (Å²) in [6, 6.07) is 9.94. The van der Waals surface area contributed by atoms with Crippen molar-refractivity contribution in [3.8, 4) is 0 Å². The van der Waals surface area contributed by atoms with Crippen molar-refractivity contribution >= 4 is 11.7 Å². The second kappa shape index (κ2) is 8.73. The zero-order chi connectivity index (χ0) is 25.6. The van der Waals surface area contributed by atoms with Crippen molar-refractivity contribution in [2.45, 2.75) is 70.9 Å². The van der Waals surface area contributed by atoms with Gasteiger partial charge in [-0.3, -0.25) is 15.6 Å². The molecule has 1 aliphatic carbocycles. The number of hydrazine groups is 1. The number of rotatable bonds is 5. The number of amides is 1. The summed E-state index contributed by atoms with van der Waals surface area (Å²) in [7, 11) is 0. The maximum Gasteiger partial charge on any atom is 0.417 e. The molecule has 4 rings (SSSR count). The van der Waals surface area contributed by atoms with Crippen molar-refractivity contribution in [1.29, 1.82) is 0 Å². The van der Waals surface area contributed by atoms with Crippen LogP contribution in [0.4, 0.5) is 19.0 Å². The molecule has 186 valence electrons. The molecular formula is C27H30F3N3O2. The zero-order valence-electron chi connectivity index (χ0n) is 20.6. The average molecular weight is 486 g/mol. The van der Waals surface area contributed by atoms with Gasteiger partial charge in [0.1, 0.15) is 11.6 Å². The van der Waals surface area contributed by atoms with E-state index in [0.717, 1.165) is 30.5 Å². The summed E-state index contributed by atoms with van der Waals surface area (Å²) >= 11 is 0. The molecule has 3 aromatic rings. The van der Waals surface area contributed by atoms with Gasteiger partial charge in [-0.15, -0.1) is 0 Å². The average Bonchev–Trinajstić information content (AvgIpc) is 3.25. The van der Waals surface area contributed by atoms with Crippen molar-refractivity contribution < 1.29 is 22.4 Å². The summed E-state index contributed by atoms with van der Waals surface area (Å²) in [5, 5.41) is 0. The van der Waals surface area contributed by atoms with Gasteiger partial charge in [0.2, 0.25) is 0 Å². The number of carbonyl (C=O) groups excluding carboxylic acids is 1. The summed E-state index contributed by atoms with van der Waals surface area (Å²) in [6.45, 7) is 11.3. The van der Waals surface area contributed by atoms with Gasteiger partial charge in [-0.2, -0.15) is 13.2 Å². The fourth-order valence-corrected chi connectivity index (χ4v) is 4.56. The number of nitrogens with zero attached hydrogens (tertiary/aromatic N) is 1. The monoisotopic (exact) mass is 485 g/mol. The first-order valence-corrected chi connectivity index (χ1v) is 11.6. The Bertz CT molecular complexity index is 1240. The Hall–Kier alpha value is -3.29. The zero-order valence-corrected chi connectivity index (χ0v) is 20.6. The molecule has 0 bridgehead atoms. The molecule has 1 amide bonds. The van der Waals surface area contributed by atoms with E-state index in [1.165, 1.54) is 16.7 Å². The van der Waals surface area contributed by atoms with E-state index in [4.69, 9.17) is 4.42 Å². The van der Waals surface area contributed by atoms with Crippen LogP contribution in [-0.2, 0) is 23.4 Å². The van der Waals surface area contributed by atoms with Gasteiger partial charge in [-0.05, 0) is 77.1 Å². The Morgan fingerprint density at radius 2 is 1.69 bits per heavy atom. The molecule has 2 N–H and O–H groups in total. The molecule has 0 atom stereocenters. The fourth-order valence-electron chi connectivity index (χ4n) is 4.56. The molecule has 35 heavy (non-hydrogen) atoms. The van der Waals surface area contributed by atoms with Crippen molar-refractivity contribution in [2.24, 2.45) is 0 Å². The van der Waals surface area contributed by atoms with Crippen LogP contribution < -0.4 is 10.9 Å². The van der Waals surface area contributed by atoms with Crippen LogP contribution in [0, 0.1) is 6.92 Å². The maximum atomic E-state index is 12.7. The predicted molar refractivity (Wildman–Crippen MR) is 128 cm³/mol. The summed E-state index contributed by atoms with van der Waals surface area (Å²) in [4.78, 5) is 16.1. The highest BCUT2D eigenvalue weighted by atomic mass is 19.4. The van der Waals surface area contributed by atoms with Crippen molar-refractivity contribution in [1.82, 2.24) is 10.4 Å². The molecule has 1 aromatic carbocycles. The fraction of sp³-hybridized carbons (Fsp3) is 0.407. The van der Waals surface area contributed by atoms with Crippen LogP contribution in [0.5, 0.6) is 0 Å². The number of alkyl halides is 3. The lowest BCUT2D eigenvalue weighted by Gasteiger charge is -2.42. The molecule has 0 fully saturated rings. The van der Waals surface area contributed by atoms with E-state index in [-0.39, 0.29) is 22.4 Å². The Balaban J connectivity index is 1.45. The number of aryl methyl sites for hydroxylation is 1. The molecule has 2 aromatic heterocycles. The number of hydrogen-bond acceptors (Lipinski definition) is 4. The van der Waals surface area contributed by atoms with Gasteiger partial charge in [0.25, 0.3) is 0 Å². The number of fused-ring (bicyclic) bond motifs is 1. The number of nitrogens with one attached hydrogen (secondary N) is 2. The number of aromatic nitrogens is 1. The quantitative estimate of drug-likeness (QED) is 0.395. The Morgan fingerprint density at radius 3 is 2.29 bits per heavy atom. The van der Waals surface area contributed by atoms with Gasteiger partial charge in [0.05, 0.1) is 5.56 Å². The first-order chi connectivity index (χ1) is 16.3. The van der Waals surface area contributed by atoms with E-state index >= 15 is 0 Å². The van der Waals surface area contributed by atoms with E-state index in [0.29, 0.717) is 18.4 Å². The lowest BCUT2D eigenvalue weighted by molar-refractivity contribution is -0.137. The lowest BCUT2D eigenvalue weighted by atomic mass is 9.62. The summed E-state index contributed by atoms with van der Waals surface area (Å²) in [6.07, 6.45) is -0.943. The molecule has 1 aliphatic rings. The van der Waals surface area contributed by atoms with Crippen LogP contribution >= 0.6 is 0 Å². The normalized spacial score (nSPS) is 16.5. The largest absolute Gasteiger partial charge is 0.456 e. The van der Waals surface area contributed by atoms with E-state index in [2.05, 4.69) is 62.6 Å². The number of furan rings is 1. The first-order valence-electron chi connectivity index (χ1n) is 11.6. The highest BCUT2D eigenvalue weighted by molar-refractivity contribution is 5.92. The van der Waals surface area contributed by atoms with Crippen LogP contribution in [0.1, 0.15) is 84.7 Å². The van der Waals surface area contributed by atoms with E-state index in [9.17, 15) is 18.0 Å². The van der Waals surface area contributed by atoms with Gasteiger partial charge in [-0.25, -0.2) is 4.98 Å². The van der Waals surface area contributed by atoms with Gasteiger partial charge < -0.3 is 4.42 Å². The second-order valence-corrected chi connectivity index (χ2v) is 10.5. The van der Waals surface area contributed by atoms with Crippen molar-refractivity contribution in [3.05, 3.63) is 81.9 Å². The minimum atomic E-state index is -4.47. The number of halogens is 3. The van der Waals surface area contributed by atoms with Crippen LogP contribution in [0.3, 0.4) is 0 Å². The van der Waals surface area contributed by atoms with Gasteiger partial charge in [0, 0.05) is 12.6 Å². The Morgan fingerprint density at radius 1 is 1.03 bits per heavy atom. The Kier molecular flexibility index (Phi) is 6.19. The minimum Gasteiger partial charge on any atom is -0.456 e. The van der Waals surface area contributed by atoms with E-state index in [1.54, 1.807) is 12.1 Å². The molecule has 0 saturated carbocycles. The van der Waals surface area contributed by atoms with Gasteiger partial charge >= 0.3 is 12.1 Å². The predicted octanol–water partition coefficient (Wildman–Crippen LogP) is 6.70. The van der Waals surface area contributed by atoms with Gasteiger partial charge in [-0.1, -0.05) is 39.8 Å².